The summed E-state index contributed by atoms with van der Waals surface area (Å²) < 4.78 is 0. The van der Waals surface area contributed by atoms with E-state index in [4.69, 9.17) is 11.6 Å². The molecule has 0 bridgehead atoms. The van der Waals surface area contributed by atoms with Crippen molar-refractivity contribution in [3.63, 3.8) is 0 Å². The van der Waals surface area contributed by atoms with Gasteiger partial charge in [0.25, 0.3) is 0 Å². The summed E-state index contributed by atoms with van der Waals surface area (Å²) in [6.07, 6.45) is 1.81. The molecule has 0 aromatic carbocycles. The lowest BCUT2D eigenvalue weighted by Crippen LogP contribution is -1.86. The number of alkyl halides is 1. The van der Waals surface area contributed by atoms with Gasteiger partial charge in [0.05, 0.1) is 5.38 Å². The number of halogens is 1. The quantitative estimate of drug-likeness (QED) is 0.569. The van der Waals surface area contributed by atoms with Crippen LogP contribution in [0.1, 0.15) is 23.6 Å². The molecule has 1 heterocycles. The van der Waals surface area contributed by atoms with E-state index in [1.807, 2.05) is 32.2 Å². The van der Waals surface area contributed by atoms with Crippen molar-refractivity contribution in [3.8, 4) is 0 Å². The molecular formula is C8H10ClN. The smallest absolute Gasteiger partial charge is 0.0572 e. The highest BCUT2D eigenvalue weighted by molar-refractivity contribution is 6.20. The summed E-state index contributed by atoms with van der Waals surface area (Å²) in [6.45, 7) is 3.90. The van der Waals surface area contributed by atoms with Gasteiger partial charge in [-0.25, -0.2) is 0 Å². The molecule has 0 aliphatic carbocycles. The molecule has 0 amide bonds. The molecule has 1 rings (SSSR count). The minimum Gasteiger partial charge on any atom is -0.261 e. The molecule has 0 saturated carbocycles. The first kappa shape index (κ1) is 7.55. The van der Waals surface area contributed by atoms with Crippen molar-refractivity contribution < 1.29 is 0 Å². The average Bonchev–Trinajstić information content (AvgIpc) is 1.88. The van der Waals surface area contributed by atoms with Crippen molar-refractivity contribution in [2.75, 3.05) is 0 Å². The summed E-state index contributed by atoms with van der Waals surface area (Å²) in [5.41, 5.74) is 2.10. The molecule has 1 aromatic heterocycles. The van der Waals surface area contributed by atoms with E-state index >= 15 is 0 Å². The second-order valence-corrected chi connectivity index (χ2v) is 3.00. The summed E-state index contributed by atoms with van der Waals surface area (Å²) in [4.78, 5) is 4.12. The van der Waals surface area contributed by atoms with Crippen LogP contribution >= 0.6 is 11.6 Å². The molecule has 0 fully saturated rings. The average molecular weight is 156 g/mol. The zero-order valence-electron chi connectivity index (χ0n) is 6.13. The molecule has 1 unspecified atom stereocenters. The van der Waals surface area contributed by atoms with Gasteiger partial charge in [0.2, 0.25) is 0 Å². The number of hydrogen-bond acceptors (Lipinski definition) is 1. The van der Waals surface area contributed by atoms with E-state index in [9.17, 15) is 0 Å². The van der Waals surface area contributed by atoms with Gasteiger partial charge in [0.1, 0.15) is 0 Å². The Morgan fingerprint density at radius 2 is 2.20 bits per heavy atom. The molecule has 0 spiro atoms. The number of rotatable bonds is 1. The Hall–Kier alpha value is -0.560. The van der Waals surface area contributed by atoms with Crippen LogP contribution in [0.15, 0.2) is 18.3 Å². The maximum absolute atomic E-state index is 5.82. The van der Waals surface area contributed by atoms with Crippen molar-refractivity contribution in [1.82, 2.24) is 4.98 Å². The minimum absolute atomic E-state index is 0.0631. The van der Waals surface area contributed by atoms with Gasteiger partial charge in [0.15, 0.2) is 0 Å². The van der Waals surface area contributed by atoms with Crippen molar-refractivity contribution in [2.45, 2.75) is 19.2 Å². The first-order chi connectivity index (χ1) is 4.70. The molecule has 0 aliphatic rings. The van der Waals surface area contributed by atoms with E-state index in [0.29, 0.717) is 0 Å². The van der Waals surface area contributed by atoms with E-state index in [1.54, 1.807) is 0 Å². The summed E-state index contributed by atoms with van der Waals surface area (Å²) in [6, 6.07) is 3.97. The molecule has 0 radical (unpaired) electrons. The number of aromatic nitrogens is 1. The third kappa shape index (κ3) is 1.71. The van der Waals surface area contributed by atoms with Crippen LogP contribution in [0, 0.1) is 6.92 Å². The van der Waals surface area contributed by atoms with Crippen molar-refractivity contribution >= 4 is 11.6 Å². The van der Waals surface area contributed by atoms with Crippen LogP contribution in [-0.2, 0) is 0 Å². The monoisotopic (exact) mass is 155 g/mol. The molecular weight excluding hydrogens is 146 g/mol. The molecule has 1 nitrogen and oxygen atoms in total. The van der Waals surface area contributed by atoms with Crippen LogP contribution in [0.5, 0.6) is 0 Å². The summed E-state index contributed by atoms with van der Waals surface area (Å²) in [5, 5.41) is 0.0631. The topological polar surface area (TPSA) is 12.9 Å². The lowest BCUT2D eigenvalue weighted by Gasteiger charge is -2.00. The van der Waals surface area contributed by atoms with Crippen LogP contribution in [0.2, 0.25) is 0 Å². The maximum Gasteiger partial charge on any atom is 0.0572 e. The van der Waals surface area contributed by atoms with Gasteiger partial charge in [-0.2, -0.15) is 0 Å². The molecule has 10 heavy (non-hydrogen) atoms. The van der Waals surface area contributed by atoms with Crippen LogP contribution < -0.4 is 0 Å². The minimum atomic E-state index is 0.0631. The van der Waals surface area contributed by atoms with Gasteiger partial charge in [-0.05, 0) is 25.5 Å². The highest BCUT2D eigenvalue weighted by Gasteiger charge is 1.98. The molecule has 0 aliphatic heterocycles. The van der Waals surface area contributed by atoms with Crippen LogP contribution in [0.4, 0.5) is 0 Å². The molecule has 2 heteroatoms. The third-order valence-electron chi connectivity index (χ3n) is 1.39. The predicted molar refractivity (Wildman–Crippen MR) is 43.2 cm³/mol. The normalized spacial score (nSPS) is 13.1. The fourth-order valence-corrected chi connectivity index (χ4v) is 0.844. The molecule has 1 atom stereocenters. The Bertz CT molecular complexity index is 203. The second kappa shape index (κ2) is 3.02. The third-order valence-corrected chi connectivity index (χ3v) is 1.65. The zero-order valence-corrected chi connectivity index (χ0v) is 6.89. The Balaban J connectivity index is 2.89. The van der Waals surface area contributed by atoms with E-state index in [-0.39, 0.29) is 5.38 Å². The largest absolute Gasteiger partial charge is 0.261 e. The van der Waals surface area contributed by atoms with Crippen molar-refractivity contribution in [1.29, 1.82) is 0 Å². The van der Waals surface area contributed by atoms with E-state index in [1.165, 1.54) is 0 Å². The standard InChI is InChI=1S/C8H10ClN/c1-6-3-4-8(5-10-6)7(2)9/h3-5,7H,1-2H3. The first-order valence-corrected chi connectivity index (χ1v) is 3.70. The van der Waals surface area contributed by atoms with Crippen molar-refractivity contribution in [2.24, 2.45) is 0 Å². The number of pyridine rings is 1. The Morgan fingerprint density at radius 1 is 1.50 bits per heavy atom. The lowest BCUT2D eigenvalue weighted by atomic mass is 10.2. The van der Waals surface area contributed by atoms with Gasteiger partial charge in [-0.1, -0.05) is 6.07 Å². The summed E-state index contributed by atoms with van der Waals surface area (Å²) >= 11 is 5.82. The number of nitrogens with zero attached hydrogens (tertiary/aromatic N) is 1. The Labute approximate surface area is 66.0 Å². The fraction of sp³-hybridized carbons (Fsp3) is 0.375. The fourth-order valence-electron chi connectivity index (χ4n) is 0.715. The summed E-state index contributed by atoms with van der Waals surface area (Å²) in [7, 11) is 0. The van der Waals surface area contributed by atoms with Crippen molar-refractivity contribution in [3.05, 3.63) is 29.6 Å². The second-order valence-electron chi connectivity index (χ2n) is 2.35. The molecule has 0 saturated heterocycles. The van der Waals surface area contributed by atoms with Gasteiger partial charge in [-0.3, -0.25) is 4.98 Å². The van der Waals surface area contributed by atoms with Gasteiger partial charge in [0, 0.05) is 11.9 Å². The molecule has 54 valence electrons. The van der Waals surface area contributed by atoms with E-state index < -0.39 is 0 Å². The SMILES string of the molecule is Cc1ccc(C(C)Cl)cn1. The Kier molecular flexibility index (Phi) is 2.28. The number of aryl methyl sites for hydroxylation is 1. The molecule has 1 aromatic rings. The maximum atomic E-state index is 5.82. The number of hydrogen-bond donors (Lipinski definition) is 0. The lowest BCUT2D eigenvalue weighted by molar-refractivity contribution is 1.04. The Morgan fingerprint density at radius 3 is 2.60 bits per heavy atom. The summed E-state index contributed by atoms with van der Waals surface area (Å²) in [5.74, 6) is 0. The highest BCUT2D eigenvalue weighted by Crippen LogP contribution is 2.17. The first-order valence-electron chi connectivity index (χ1n) is 3.27. The van der Waals surface area contributed by atoms with Crippen LogP contribution in [0.3, 0.4) is 0 Å². The van der Waals surface area contributed by atoms with Gasteiger partial charge < -0.3 is 0 Å². The highest BCUT2D eigenvalue weighted by atomic mass is 35.5. The molecule has 0 N–H and O–H groups in total. The van der Waals surface area contributed by atoms with Crippen LogP contribution in [0.25, 0.3) is 0 Å². The zero-order chi connectivity index (χ0) is 7.56. The van der Waals surface area contributed by atoms with Gasteiger partial charge >= 0.3 is 0 Å². The van der Waals surface area contributed by atoms with Crippen LogP contribution in [-0.4, -0.2) is 4.98 Å². The predicted octanol–water partition coefficient (Wildman–Crippen LogP) is 2.69. The van der Waals surface area contributed by atoms with E-state index in [0.717, 1.165) is 11.3 Å². The van der Waals surface area contributed by atoms with E-state index in [2.05, 4.69) is 4.98 Å². The van der Waals surface area contributed by atoms with Gasteiger partial charge in [-0.15, -0.1) is 11.6 Å².